The highest BCUT2D eigenvalue weighted by Gasteiger charge is 2.06. The topological polar surface area (TPSA) is 32.8 Å². The van der Waals surface area contributed by atoms with Gasteiger partial charge in [0.2, 0.25) is 0 Å². The fourth-order valence-electron chi connectivity index (χ4n) is 1.52. The van der Waals surface area contributed by atoms with Crippen LogP contribution >= 0.6 is 0 Å². The summed E-state index contributed by atoms with van der Waals surface area (Å²) in [5, 5.41) is 0. The maximum Gasteiger partial charge on any atom is 0.333 e. The Balaban J connectivity index is 3.97. The first-order chi connectivity index (χ1) is 8.01. The van der Waals surface area contributed by atoms with E-state index < -0.39 is 0 Å². The van der Waals surface area contributed by atoms with Crippen molar-refractivity contribution < 1.29 is 9.53 Å². The molecule has 17 heavy (non-hydrogen) atoms. The van der Waals surface area contributed by atoms with Crippen molar-refractivity contribution in [3.05, 3.63) is 11.6 Å². The normalized spacial score (nSPS) is 12.3. The van der Waals surface area contributed by atoms with Crippen LogP contribution in [0.1, 0.15) is 19.8 Å². The highest BCUT2D eigenvalue weighted by Crippen LogP contribution is 2.03. The third kappa shape index (κ3) is 7.94. The molecule has 4 heteroatoms. The van der Waals surface area contributed by atoms with Gasteiger partial charge in [0.05, 0.1) is 7.11 Å². The predicted octanol–water partition coefficient (Wildman–Crippen LogP) is 1.38. The molecule has 0 atom stereocenters. The first-order valence-electron chi connectivity index (χ1n) is 6.11. The van der Waals surface area contributed by atoms with Crippen LogP contribution in [0.2, 0.25) is 0 Å². The summed E-state index contributed by atoms with van der Waals surface area (Å²) in [5.74, 6) is -0.214. The molecule has 0 aliphatic rings. The Morgan fingerprint density at radius 1 is 1.24 bits per heavy atom. The molecular formula is C13H26N2O2. The number of rotatable bonds is 8. The second kappa shape index (κ2) is 9.19. The summed E-state index contributed by atoms with van der Waals surface area (Å²) in [6, 6.07) is 0. The van der Waals surface area contributed by atoms with Gasteiger partial charge in [-0.15, -0.1) is 0 Å². The number of esters is 1. The molecule has 0 aromatic rings. The number of hydrogen-bond donors (Lipinski definition) is 0. The first kappa shape index (κ1) is 16.1. The summed E-state index contributed by atoms with van der Waals surface area (Å²) in [6.07, 6.45) is 3.82. The summed E-state index contributed by atoms with van der Waals surface area (Å²) in [5.41, 5.74) is 0.756. The van der Waals surface area contributed by atoms with Gasteiger partial charge in [-0.05, 0) is 47.1 Å². The second-order valence-corrected chi connectivity index (χ2v) is 4.49. The van der Waals surface area contributed by atoms with Crippen molar-refractivity contribution in [2.75, 3.05) is 47.9 Å². The molecule has 0 aliphatic carbocycles. The zero-order valence-corrected chi connectivity index (χ0v) is 11.8. The Labute approximate surface area is 105 Å². The standard InChI is InChI=1S/C13H26N2O2/c1-6-12(13(16)17-5)8-11-15(4)10-7-9-14(2)3/h8H,6-7,9-11H2,1-5H3. The number of carbonyl (C=O) groups excluding carboxylic acids is 1. The third-order valence-corrected chi connectivity index (χ3v) is 2.62. The van der Waals surface area contributed by atoms with Crippen molar-refractivity contribution in [1.29, 1.82) is 0 Å². The van der Waals surface area contributed by atoms with Crippen molar-refractivity contribution in [1.82, 2.24) is 9.80 Å². The summed E-state index contributed by atoms with van der Waals surface area (Å²) >= 11 is 0. The molecule has 4 nitrogen and oxygen atoms in total. The molecule has 0 heterocycles. The lowest BCUT2D eigenvalue weighted by Gasteiger charge is -2.16. The fourth-order valence-corrected chi connectivity index (χ4v) is 1.52. The van der Waals surface area contributed by atoms with E-state index >= 15 is 0 Å². The van der Waals surface area contributed by atoms with Gasteiger partial charge in [-0.1, -0.05) is 13.0 Å². The van der Waals surface area contributed by atoms with E-state index in [4.69, 9.17) is 4.74 Å². The zero-order valence-electron chi connectivity index (χ0n) is 11.8. The van der Waals surface area contributed by atoms with Crippen LogP contribution in [0.15, 0.2) is 11.6 Å². The number of hydrogen-bond acceptors (Lipinski definition) is 4. The summed E-state index contributed by atoms with van der Waals surface area (Å²) in [4.78, 5) is 15.7. The maximum absolute atomic E-state index is 11.3. The van der Waals surface area contributed by atoms with Gasteiger partial charge in [-0.25, -0.2) is 4.79 Å². The van der Waals surface area contributed by atoms with E-state index in [1.807, 2.05) is 13.0 Å². The second-order valence-electron chi connectivity index (χ2n) is 4.49. The molecule has 0 aromatic heterocycles. The van der Waals surface area contributed by atoms with Gasteiger partial charge in [0.1, 0.15) is 0 Å². The minimum absolute atomic E-state index is 0.214. The van der Waals surface area contributed by atoms with Crippen LogP contribution in [0.5, 0.6) is 0 Å². The van der Waals surface area contributed by atoms with Crippen LogP contribution in [0, 0.1) is 0 Å². The number of carbonyl (C=O) groups is 1. The molecule has 0 radical (unpaired) electrons. The van der Waals surface area contributed by atoms with E-state index in [9.17, 15) is 4.79 Å². The molecule has 0 saturated carbocycles. The van der Waals surface area contributed by atoms with Crippen molar-refractivity contribution in [3.63, 3.8) is 0 Å². The van der Waals surface area contributed by atoms with Gasteiger partial charge in [0.25, 0.3) is 0 Å². The van der Waals surface area contributed by atoms with Gasteiger partial charge in [-0.2, -0.15) is 0 Å². The van der Waals surface area contributed by atoms with Crippen LogP contribution in [-0.4, -0.2) is 63.7 Å². The highest BCUT2D eigenvalue weighted by molar-refractivity contribution is 5.88. The summed E-state index contributed by atoms with van der Waals surface area (Å²) in [7, 11) is 7.64. The molecule has 0 amide bonds. The van der Waals surface area contributed by atoms with Gasteiger partial charge in [-0.3, -0.25) is 0 Å². The van der Waals surface area contributed by atoms with E-state index in [1.54, 1.807) is 0 Å². The summed E-state index contributed by atoms with van der Waals surface area (Å²) in [6.45, 7) is 4.89. The van der Waals surface area contributed by atoms with Crippen LogP contribution in [-0.2, 0) is 9.53 Å². The van der Waals surface area contributed by atoms with Gasteiger partial charge < -0.3 is 14.5 Å². The van der Waals surface area contributed by atoms with Crippen molar-refractivity contribution >= 4 is 5.97 Å². The van der Waals surface area contributed by atoms with Crippen molar-refractivity contribution in [3.8, 4) is 0 Å². The average Bonchev–Trinajstić information content (AvgIpc) is 2.28. The van der Waals surface area contributed by atoms with E-state index in [1.165, 1.54) is 7.11 Å². The molecule has 0 saturated heterocycles. The smallest absolute Gasteiger partial charge is 0.333 e. The van der Waals surface area contributed by atoms with E-state index in [0.717, 1.165) is 38.0 Å². The molecule has 0 unspecified atom stereocenters. The van der Waals surface area contributed by atoms with Crippen molar-refractivity contribution in [2.45, 2.75) is 19.8 Å². The molecular weight excluding hydrogens is 216 g/mol. The SMILES string of the molecule is CCC(=CCN(C)CCCN(C)C)C(=O)OC. The number of methoxy groups -OCH3 is 1. The fraction of sp³-hybridized carbons (Fsp3) is 0.769. The van der Waals surface area contributed by atoms with E-state index in [0.29, 0.717) is 0 Å². The molecule has 0 aliphatic heterocycles. The number of likely N-dealkylation sites (N-methyl/N-ethyl adjacent to an activating group) is 1. The van der Waals surface area contributed by atoms with Gasteiger partial charge in [0, 0.05) is 12.1 Å². The average molecular weight is 242 g/mol. The lowest BCUT2D eigenvalue weighted by Crippen LogP contribution is -2.24. The molecule has 0 spiro atoms. The Hall–Kier alpha value is -0.870. The Bertz CT molecular complexity index is 250. The van der Waals surface area contributed by atoms with Crippen LogP contribution in [0.3, 0.4) is 0 Å². The Kier molecular flexibility index (Phi) is 8.72. The molecule has 0 rings (SSSR count). The molecule has 0 aromatic carbocycles. The lowest BCUT2D eigenvalue weighted by molar-refractivity contribution is -0.136. The zero-order chi connectivity index (χ0) is 13.3. The van der Waals surface area contributed by atoms with Crippen molar-refractivity contribution in [2.24, 2.45) is 0 Å². The van der Waals surface area contributed by atoms with Crippen LogP contribution in [0.4, 0.5) is 0 Å². The van der Waals surface area contributed by atoms with Gasteiger partial charge in [0.15, 0.2) is 0 Å². The van der Waals surface area contributed by atoms with Crippen LogP contribution < -0.4 is 0 Å². The van der Waals surface area contributed by atoms with E-state index in [2.05, 4.69) is 30.9 Å². The minimum Gasteiger partial charge on any atom is -0.466 e. The Morgan fingerprint density at radius 2 is 1.88 bits per heavy atom. The first-order valence-corrected chi connectivity index (χ1v) is 6.11. The predicted molar refractivity (Wildman–Crippen MR) is 71.1 cm³/mol. The maximum atomic E-state index is 11.3. The highest BCUT2D eigenvalue weighted by atomic mass is 16.5. The summed E-state index contributed by atoms with van der Waals surface area (Å²) < 4.78 is 4.72. The van der Waals surface area contributed by atoms with E-state index in [-0.39, 0.29) is 5.97 Å². The molecule has 0 fully saturated rings. The van der Waals surface area contributed by atoms with Crippen LogP contribution in [0.25, 0.3) is 0 Å². The quantitative estimate of drug-likeness (QED) is 0.475. The monoisotopic (exact) mass is 242 g/mol. The van der Waals surface area contributed by atoms with Gasteiger partial charge >= 0.3 is 5.97 Å². The molecule has 0 N–H and O–H groups in total. The number of ether oxygens (including phenoxy) is 1. The number of nitrogens with zero attached hydrogens (tertiary/aromatic N) is 2. The Morgan fingerprint density at radius 3 is 2.35 bits per heavy atom. The lowest BCUT2D eigenvalue weighted by atomic mass is 10.2. The largest absolute Gasteiger partial charge is 0.466 e. The molecule has 0 bridgehead atoms. The minimum atomic E-state index is -0.214. The molecule has 100 valence electrons. The third-order valence-electron chi connectivity index (χ3n) is 2.62.